The SMILES string of the molecule is COc1cc(OC)nc(NC(=O)Cc2ccc(-c3ccccc3)cc2)n1. The Morgan fingerprint density at radius 1 is 0.885 bits per heavy atom. The highest BCUT2D eigenvalue weighted by Crippen LogP contribution is 2.20. The number of anilines is 1. The number of hydrogen-bond acceptors (Lipinski definition) is 5. The Morgan fingerprint density at radius 3 is 2.04 bits per heavy atom. The third kappa shape index (κ3) is 4.36. The lowest BCUT2D eigenvalue weighted by Crippen LogP contribution is -2.16. The van der Waals surface area contributed by atoms with Crippen LogP contribution in [0.4, 0.5) is 5.95 Å². The molecule has 6 nitrogen and oxygen atoms in total. The first-order valence-electron chi connectivity index (χ1n) is 8.09. The number of methoxy groups -OCH3 is 2. The summed E-state index contributed by atoms with van der Waals surface area (Å²) in [5.74, 6) is 0.568. The first kappa shape index (κ1) is 17.4. The van der Waals surface area contributed by atoms with Gasteiger partial charge in [-0.2, -0.15) is 9.97 Å². The summed E-state index contributed by atoms with van der Waals surface area (Å²) in [6.07, 6.45) is 0.220. The topological polar surface area (TPSA) is 73.3 Å². The third-order valence-electron chi connectivity index (χ3n) is 3.77. The van der Waals surface area contributed by atoms with Crippen LogP contribution in [0.15, 0.2) is 60.7 Å². The van der Waals surface area contributed by atoms with E-state index in [0.29, 0.717) is 11.8 Å². The van der Waals surface area contributed by atoms with Crippen molar-refractivity contribution in [2.75, 3.05) is 19.5 Å². The van der Waals surface area contributed by atoms with E-state index in [1.54, 1.807) is 0 Å². The van der Waals surface area contributed by atoms with Crippen LogP contribution in [0.3, 0.4) is 0 Å². The van der Waals surface area contributed by atoms with E-state index >= 15 is 0 Å². The molecule has 0 saturated heterocycles. The Balaban J connectivity index is 1.67. The second kappa shape index (κ2) is 8.11. The van der Waals surface area contributed by atoms with Crippen LogP contribution < -0.4 is 14.8 Å². The second-order valence-corrected chi connectivity index (χ2v) is 5.56. The van der Waals surface area contributed by atoms with Crippen LogP contribution in [-0.2, 0) is 11.2 Å². The summed E-state index contributed by atoms with van der Waals surface area (Å²) in [5, 5.41) is 2.66. The smallest absolute Gasteiger partial charge is 0.236 e. The van der Waals surface area contributed by atoms with Crippen molar-refractivity contribution < 1.29 is 14.3 Å². The van der Waals surface area contributed by atoms with Crippen molar-refractivity contribution in [1.29, 1.82) is 0 Å². The van der Waals surface area contributed by atoms with Crippen LogP contribution in [0.1, 0.15) is 5.56 Å². The van der Waals surface area contributed by atoms with Gasteiger partial charge in [0.1, 0.15) is 0 Å². The summed E-state index contributed by atoms with van der Waals surface area (Å²) in [5.41, 5.74) is 3.15. The maximum atomic E-state index is 12.3. The average Bonchev–Trinajstić information content (AvgIpc) is 2.68. The Hall–Kier alpha value is -3.41. The lowest BCUT2D eigenvalue weighted by atomic mass is 10.0. The molecule has 0 fully saturated rings. The van der Waals surface area contributed by atoms with Crippen LogP contribution in [0.2, 0.25) is 0 Å². The van der Waals surface area contributed by atoms with Crippen molar-refractivity contribution in [2.45, 2.75) is 6.42 Å². The normalized spacial score (nSPS) is 10.2. The van der Waals surface area contributed by atoms with Crippen molar-refractivity contribution in [3.63, 3.8) is 0 Å². The monoisotopic (exact) mass is 349 g/mol. The van der Waals surface area contributed by atoms with Crippen LogP contribution >= 0.6 is 0 Å². The van der Waals surface area contributed by atoms with Gasteiger partial charge in [0, 0.05) is 0 Å². The minimum absolute atomic E-state index is 0.145. The summed E-state index contributed by atoms with van der Waals surface area (Å²) in [6.45, 7) is 0. The molecule has 0 unspecified atom stereocenters. The van der Waals surface area contributed by atoms with E-state index in [9.17, 15) is 4.79 Å². The minimum Gasteiger partial charge on any atom is -0.481 e. The van der Waals surface area contributed by atoms with E-state index in [-0.39, 0.29) is 18.3 Å². The fourth-order valence-corrected chi connectivity index (χ4v) is 2.47. The van der Waals surface area contributed by atoms with Gasteiger partial charge >= 0.3 is 0 Å². The van der Waals surface area contributed by atoms with Crippen LogP contribution in [0.25, 0.3) is 11.1 Å². The number of aromatic nitrogens is 2. The first-order valence-corrected chi connectivity index (χ1v) is 8.09. The van der Waals surface area contributed by atoms with Gasteiger partial charge in [0.15, 0.2) is 0 Å². The molecule has 0 bridgehead atoms. The van der Waals surface area contributed by atoms with Gasteiger partial charge in [-0.1, -0.05) is 54.6 Å². The predicted octanol–water partition coefficient (Wildman–Crippen LogP) is 3.34. The molecular formula is C20H19N3O3. The zero-order valence-corrected chi connectivity index (χ0v) is 14.6. The predicted molar refractivity (Wildman–Crippen MR) is 99.3 cm³/mol. The van der Waals surface area contributed by atoms with Gasteiger partial charge in [-0.3, -0.25) is 10.1 Å². The van der Waals surface area contributed by atoms with Crippen molar-refractivity contribution in [3.05, 3.63) is 66.2 Å². The fraction of sp³-hybridized carbons (Fsp3) is 0.150. The van der Waals surface area contributed by atoms with Gasteiger partial charge in [-0.05, 0) is 16.7 Å². The summed E-state index contributed by atoms with van der Waals surface area (Å²) >= 11 is 0. The number of carbonyl (C=O) groups is 1. The summed E-state index contributed by atoms with van der Waals surface area (Å²) in [7, 11) is 2.98. The van der Waals surface area contributed by atoms with E-state index in [2.05, 4.69) is 27.4 Å². The third-order valence-corrected chi connectivity index (χ3v) is 3.77. The lowest BCUT2D eigenvalue weighted by Gasteiger charge is -2.08. The van der Waals surface area contributed by atoms with Gasteiger partial charge in [-0.15, -0.1) is 0 Å². The molecule has 0 aliphatic heterocycles. The van der Waals surface area contributed by atoms with Crippen molar-refractivity contribution in [1.82, 2.24) is 9.97 Å². The molecule has 2 aromatic carbocycles. The first-order chi connectivity index (χ1) is 12.7. The molecule has 6 heteroatoms. The van der Waals surface area contributed by atoms with Crippen molar-refractivity contribution in [3.8, 4) is 22.9 Å². The largest absolute Gasteiger partial charge is 0.481 e. The van der Waals surface area contributed by atoms with E-state index in [1.165, 1.54) is 20.3 Å². The molecule has 1 aromatic heterocycles. The summed E-state index contributed by atoms with van der Waals surface area (Å²) in [6, 6.07) is 19.5. The maximum absolute atomic E-state index is 12.3. The summed E-state index contributed by atoms with van der Waals surface area (Å²) in [4.78, 5) is 20.4. The number of ether oxygens (including phenoxy) is 2. The lowest BCUT2D eigenvalue weighted by molar-refractivity contribution is -0.115. The van der Waals surface area contributed by atoms with E-state index in [4.69, 9.17) is 9.47 Å². The fourth-order valence-electron chi connectivity index (χ4n) is 2.47. The molecule has 0 atom stereocenters. The molecule has 0 aliphatic carbocycles. The highest BCUT2D eigenvalue weighted by atomic mass is 16.5. The zero-order valence-electron chi connectivity index (χ0n) is 14.6. The Bertz CT molecular complexity index is 858. The molecule has 0 aliphatic rings. The standard InChI is InChI=1S/C20H19N3O3/c1-25-18-13-19(26-2)23-20(22-18)21-17(24)12-14-8-10-16(11-9-14)15-6-4-3-5-7-15/h3-11,13H,12H2,1-2H3,(H,21,22,23,24). The second-order valence-electron chi connectivity index (χ2n) is 5.56. The maximum Gasteiger partial charge on any atom is 0.236 e. The van der Waals surface area contributed by atoms with Crippen molar-refractivity contribution >= 4 is 11.9 Å². The molecule has 26 heavy (non-hydrogen) atoms. The van der Waals surface area contributed by atoms with E-state index in [1.807, 2.05) is 42.5 Å². The van der Waals surface area contributed by atoms with Crippen LogP contribution in [-0.4, -0.2) is 30.1 Å². The molecule has 0 saturated carbocycles. The number of nitrogens with one attached hydrogen (secondary N) is 1. The van der Waals surface area contributed by atoms with Crippen LogP contribution in [0.5, 0.6) is 11.8 Å². The van der Waals surface area contributed by atoms with E-state index in [0.717, 1.165) is 16.7 Å². The molecule has 1 amide bonds. The molecule has 0 spiro atoms. The number of rotatable bonds is 6. The van der Waals surface area contributed by atoms with Gasteiger partial charge in [0.05, 0.1) is 26.7 Å². The molecular weight excluding hydrogens is 330 g/mol. The van der Waals surface area contributed by atoms with Gasteiger partial charge in [-0.25, -0.2) is 0 Å². The zero-order chi connectivity index (χ0) is 18.4. The highest BCUT2D eigenvalue weighted by Gasteiger charge is 2.10. The van der Waals surface area contributed by atoms with Gasteiger partial charge in [0.25, 0.3) is 0 Å². The Morgan fingerprint density at radius 2 is 1.46 bits per heavy atom. The number of amides is 1. The van der Waals surface area contributed by atoms with Crippen LogP contribution in [0, 0.1) is 0 Å². The molecule has 132 valence electrons. The Labute approximate surface area is 151 Å². The van der Waals surface area contributed by atoms with E-state index < -0.39 is 0 Å². The minimum atomic E-state index is -0.215. The van der Waals surface area contributed by atoms with Crippen molar-refractivity contribution in [2.24, 2.45) is 0 Å². The van der Waals surface area contributed by atoms with Gasteiger partial charge in [0.2, 0.25) is 23.6 Å². The quantitative estimate of drug-likeness (QED) is 0.739. The molecule has 0 radical (unpaired) electrons. The molecule has 1 heterocycles. The average molecular weight is 349 g/mol. The van der Waals surface area contributed by atoms with Gasteiger partial charge < -0.3 is 9.47 Å². The molecule has 3 aromatic rings. The number of carbonyl (C=O) groups excluding carboxylic acids is 1. The number of hydrogen-bond donors (Lipinski definition) is 1. The molecule has 1 N–H and O–H groups in total. The molecule has 3 rings (SSSR count). The number of nitrogens with zero attached hydrogens (tertiary/aromatic N) is 2. The highest BCUT2D eigenvalue weighted by molar-refractivity contribution is 5.90. The number of benzene rings is 2. The summed E-state index contributed by atoms with van der Waals surface area (Å²) < 4.78 is 10.1. The Kier molecular flexibility index (Phi) is 5.43.